The van der Waals surface area contributed by atoms with Crippen LogP contribution in [0.3, 0.4) is 0 Å². The average Bonchev–Trinajstić information content (AvgIpc) is 3.83. The number of hydrogen-bond donors (Lipinski definition) is 0. The first-order chi connectivity index (χ1) is 28.7. The second kappa shape index (κ2) is 11.1. The van der Waals surface area contributed by atoms with E-state index in [0.717, 1.165) is 68.4 Å². The van der Waals surface area contributed by atoms with Crippen molar-refractivity contribution in [3.63, 3.8) is 0 Å². The lowest BCUT2D eigenvalue weighted by Gasteiger charge is -2.37. The molecule has 9 aromatic carbocycles. The Hall–Kier alpha value is -7.50. The van der Waals surface area contributed by atoms with Gasteiger partial charge >= 0.3 is 0 Å². The zero-order valence-electron chi connectivity index (χ0n) is 31.1. The van der Waals surface area contributed by atoms with Crippen molar-refractivity contribution < 1.29 is 14.2 Å². The largest absolute Gasteiger partial charge is 0.458 e. The Morgan fingerprint density at radius 3 is 1.71 bits per heavy atom. The first-order valence-electron chi connectivity index (χ1n) is 20.0. The lowest BCUT2D eigenvalue weighted by molar-refractivity contribution is 0.443. The van der Waals surface area contributed by atoms with Crippen LogP contribution in [0.25, 0.3) is 71.6 Å². The van der Waals surface area contributed by atoms with Crippen LogP contribution in [0.5, 0.6) is 34.5 Å². The molecule has 0 atom stereocenters. The summed E-state index contributed by atoms with van der Waals surface area (Å²) in [5, 5.41) is 5.08. The maximum Gasteiger partial charge on any atom is 0.270 e. The van der Waals surface area contributed by atoms with E-state index in [-0.39, 0.29) is 6.71 Å². The maximum absolute atomic E-state index is 6.63. The number of rotatable bonds is 3. The summed E-state index contributed by atoms with van der Waals surface area (Å²) in [7, 11) is 0. The molecule has 0 fully saturated rings. The third-order valence-electron chi connectivity index (χ3n) is 13.0. The number of fused-ring (bicyclic) bond motifs is 8. The molecule has 14 rings (SSSR count). The number of hydrogen-bond acceptors (Lipinski definition) is 3. The Kier molecular flexibility index (Phi) is 5.87. The molecular formula is C53H30BNO3. The van der Waals surface area contributed by atoms with Crippen LogP contribution in [0.4, 0.5) is 0 Å². The Labute approximate surface area is 334 Å². The van der Waals surface area contributed by atoms with Crippen molar-refractivity contribution >= 4 is 55.7 Å². The first kappa shape index (κ1) is 30.7. The van der Waals surface area contributed by atoms with Gasteiger partial charge in [-0.15, -0.1) is 0 Å². The third-order valence-corrected chi connectivity index (χ3v) is 13.0. The van der Waals surface area contributed by atoms with Crippen molar-refractivity contribution in [3.05, 3.63) is 181 Å². The zero-order chi connectivity index (χ0) is 37.6. The van der Waals surface area contributed by atoms with Crippen LogP contribution in [0.1, 0.15) is 11.1 Å². The molecule has 4 aliphatic rings. The molecule has 4 nitrogen and oxygen atoms in total. The molecule has 10 aromatic rings. The van der Waals surface area contributed by atoms with E-state index >= 15 is 0 Å². The maximum atomic E-state index is 6.63. The van der Waals surface area contributed by atoms with E-state index in [1.807, 2.05) is 36.4 Å². The fourth-order valence-corrected chi connectivity index (χ4v) is 10.5. The monoisotopic (exact) mass is 739 g/mol. The van der Waals surface area contributed by atoms with Crippen LogP contribution in [-0.4, -0.2) is 11.3 Å². The molecule has 4 heterocycles. The van der Waals surface area contributed by atoms with Crippen LogP contribution in [-0.2, 0) is 6.42 Å². The van der Waals surface area contributed by atoms with Gasteiger partial charge in [0, 0.05) is 39.0 Å². The zero-order valence-corrected chi connectivity index (χ0v) is 31.1. The summed E-state index contributed by atoms with van der Waals surface area (Å²) in [5.74, 6) is 5.03. The second-order valence-electron chi connectivity index (χ2n) is 15.9. The fraction of sp³-hybridized carbons (Fsp3) is 0.0189. The van der Waals surface area contributed by atoms with Gasteiger partial charge in [0.2, 0.25) is 0 Å². The van der Waals surface area contributed by atoms with Gasteiger partial charge < -0.3 is 18.8 Å². The SMILES string of the molecule is c1cc2c3c(c1)Oc1cc(-c4ccc(-c5cccc6c5Cc5c-6cccc5-n5c6ccccc6c6ccc7ccccc7c65)cc4)cc4c1B3c1c(cccc1O4)O2. The molecular weight excluding hydrogens is 709 g/mol. The molecule has 0 bridgehead atoms. The molecule has 5 heteroatoms. The van der Waals surface area contributed by atoms with Crippen molar-refractivity contribution in [3.8, 4) is 73.6 Å². The fourth-order valence-electron chi connectivity index (χ4n) is 10.5. The lowest BCUT2D eigenvalue weighted by atomic mass is 9.34. The summed E-state index contributed by atoms with van der Waals surface area (Å²) in [6, 6.07) is 61.3. The van der Waals surface area contributed by atoms with Crippen molar-refractivity contribution in [2.45, 2.75) is 6.42 Å². The molecule has 0 saturated carbocycles. The second-order valence-corrected chi connectivity index (χ2v) is 15.9. The molecule has 1 aromatic heterocycles. The average molecular weight is 740 g/mol. The van der Waals surface area contributed by atoms with Crippen LogP contribution in [0.15, 0.2) is 170 Å². The highest BCUT2D eigenvalue weighted by Crippen LogP contribution is 2.47. The van der Waals surface area contributed by atoms with E-state index in [0.29, 0.717) is 0 Å². The minimum Gasteiger partial charge on any atom is -0.458 e. The van der Waals surface area contributed by atoms with E-state index < -0.39 is 0 Å². The summed E-state index contributed by atoms with van der Waals surface area (Å²) >= 11 is 0. The molecule has 0 N–H and O–H groups in total. The van der Waals surface area contributed by atoms with E-state index in [9.17, 15) is 0 Å². The number of nitrogens with zero attached hydrogens (tertiary/aromatic N) is 1. The van der Waals surface area contributed by atoms with Gasteiger partial charge in [0.1, 0.15) is 34.5 Å². The van der Waals surface area contributed by atoms with Crippen LogP contribution in [0.2, 0.25) is 0 Å². The highest BCUT2D eigenvalue weighted by atomic mass is 16.5. The highest BCUT2D eigenvalue weighted by molar-refractivity contribution is 6.99. The molecule has 1 aliphatic carbocycles. The van der Waals surface area contributed by atoms with Crippen LogP contribution >= 0.6 is 0 Å². The first-order valence-corrected chi connectivity index (χ1v) is 20.0. The Morgan fingerprint density at radius 1 is 0.397 bits per heavy atom. The smallest absolute Gasteiger partial charge is 0.270 e. The predicted octanol–water partition coefficient (Wildman–Crippen LogP) is 11.7. The van der Waals surface area contributed by atoms with Gasteiger partial charge in [-0.2, -0.15) is 0 Å². The molecule has 0 saturated heterocycles. The van der Waals surface area contributed by atoms with Crippen molar-refractivity contribution in [2.75, 3.05) is 0 Å². The van der Waals surface area contributed by atoms with Gasteiger partial charge in [-0.05, 0) is 98.4 Å². The van der Waals surface area contributed by atoms with E-state index in [1.54, 1.807) is 0 Å². The van der Waals surface area contributed by atoms with Crippen LogP contribution < -0.4 is 30.6 Å². The summed E-state index contributed by atoms with van der Waals surface area (Å²) in [6.45, 7) is 0.00851. The summed E-state index contributed by atoms with van der Waals surface area (Å²) in [4.78, 5) is 0. The number of para-hydroxylation sites is 1. The highest BCUT2D eigenvalue weighted by Gasteiger charge is 2.46. The van der Waals surface area contributed by atoms with Gasteiger partial charge in [0.05, 0.1) is 16.7 Å². The minimum absolute atomic E-state index is 0.00851. The van der Waals surface area contributed by atoms with Crippen molar-refractivity contribution in [1.82, 2.24) is 4.57 Å². The number of aromatic nitrogens is 1. The molecule has 0 spiro atoms. The van der Waals surface area contributed by atoms with Crippen LogP contribution in [0, 0.1) is 0 Å². The predicted molar refractivity (Wildman–Crippen MR) is 235 cm³/mol. The Balaban J connectivity index is 0.862. The third kappa shape index (κ3) is 4.00. The van der Waals surface area contributed by atoms with Crippen molar-refractivity contribution in [2.24, 2.45) is 0 Å². The summed E-state index contributed by atoms with van der Waals surface area (Å²) in [6.07, 6.45) is 0.860. The normalized spacial score (nSPS) is 13.5. The van der Waals surface area contributed by atoms with Gasteiger partial charge in [-0.1, -0.05) is 121 Å². The standard InChI is InChI=1S/C53H30BNO3/c1-2-10-35-31(9-1)25-26-39-38-11-3-4-15-42(38)55(53(35)39)43-16-6-14-37-36-13-5-12-34(40(36)29-41(37)43)32-23-21-30(22-24-32)33-27-48-52-49(28-33)58-47-20-8-18-45-51(47)54(52)50-44(56-45)17-7-19-46(50)57-48/h1-28H,29H2. The molecule has 0 radical (unpaired) electrons. The summed E-state index contributed by atoms with van der Waals surface area (Å²) in [5.41, 5.74) is 17.0. The topological polar surface area (TPSA) is 32.6 Å². The molecule has 3 aliphatic heterocycles. The van der Waals surface area contributed by atoms with Gasteiger partial charge in [0.15, 0.2) is 0 Å². The summed E-state index contributed by atoms with van der Waals surface area (Å²) < 4.78 is 22.1. The number of ether oxygens (including phenoxy) is 3. The van der Waals surface area contributed by atoms with Gasteiger partial charge in [0.25, 0.3) is 6.71 Å². The molecule has 0 amide bonds. The van der Waals surface area contributed by atoms with Crippen molar-refractivity contribution in [1.29, 1.82) is 0 Å². The molecule has 58 heavy (non-hydrogen) atoms. The van der Waals surface area contributed by atoms with E-state index in [4.69, 9.17) is 14.2 Å². The molecule has 268 valence electrons. The quantitative estimate of drug-likeness (QED) is 0.169. The van der Waals surface area contributed by atoms with Gasteiger partial charge in [-0.3, -0.25) is 0 Å². The minimum atomic E-state index is 0.00851. The molecule has 0 unspecified atom stereocenters. The van der Waals surface area contributed by atoms with Gasteiger partial charge in [-0.25, -0.2) is 0 Å². The van der Waals surface area contributed by atoms with E-state index in [1.165, 1.54) is 71.6 Å². The Bertz CT molecular complexity index is 3390. The lowest BCUT2D eigenvalue weighted by Crippen LogP contribution is -2.59. The Morgan fingerprint density at radius 2 is 0.966 bits per heavy atom. The van der Waals surface area contributed by atoms with E-state index in [2.05, 4.69) is 138 Å². The number of benzene rings is 9.